The summed E-state index contributed by atoms with van der Waals surface area (Å²) >= 11 is 1.71. The Hall–Kier alpha value is -3.06. The van der Waals surface area contributed by atoms with E-state index in [1.165, 1.54) is 0 Å². The second-order valence-electron chi connectivity index (χ2n) is 8.13. The van der Waals surface area contributed by atoms with Crippen LogP contribution in [0.5, 0.6) is 0 Å². The van der Waals surface area contributed by atoms with Gasteiger partial charge in [-0.25, -0.2) is 4.68 Å². The molecule has 0 aliphatic carbocycles. The topological polar surface area (TPSA) is 67.2 Å². The maximum absolute atomic E-state index is 13.0. The van der Waals surface area contributed by atoms with Gasteiger partial charge >= 0.3 is 0 Å². The lowest BCUT2D eigenvalue weighted by Gasteiger charge is -2.29. The fourth-order valence-corrected chi connectivity index (χ4v) is 5.84. The third-order valence-corrected chi connectivity index (χ3v) is 7.56. The molecule has 5 rings (SSSR count). The molecule has 2 saturated heterocycles. The molecule has 3 aromatic rings. The monoisotopic (exact) mass is 432 g/mol. The van der Waals surface area contributed by atoms with Gasteiger partial charge in [-0.15, -0.1) is 11.8 Å². The fraction of sp³-hybridized carbons (Fsp3) is 0.292. The van der Waals surface area contributed by atoms with Crippen LogP contribution in [0.1, 0.15) is 25.3 Å². The summed E-state index contributed by atoms with van der Waals surface area (Å²) in [7, 11) is 0. The number of thioether (sulfide) groups is 1. The van der Waals surface area contributed by atoms with Crippen LogP contribution in [0.2, 0.25) is 0 Å². The van der Waals surface area contributed by atoms with Crippen molar-refractivity contribution in [3.63, 3.8) is 0 Å². The minimum Gasteiger partial charge on any atom is -0.350 e. The van der Waals surface area contributed by atoms with Crippen molar-refractivity contribution in [3.05, 3.63) is 72.4 Å². The summed E-state index contributed by atoms with van der Waals surface area (Å²) in [6.07, 6.45) is 3.30. The average molecular weight is 433 g/mol. The standard InChI is InChI=1S/C24H24N4O2S/c1-24-13-12-21(29)28(24)20(16-31-24)23(30)25-14-18-15-27(19-10-6-3-7-11-19)26-22(18)17-8-4-2-5-9-17/h2-11,15,20H,12-14,16H2,1H3,(H,25,30)/t20-,24+/m1/s1. The number of hydrogen-bond acceptors (Lipinski definition) is 4. The molecular formula is C24H24N4O2S. The first-order valence-electron chi connectivity index (χ1n) is 10.5. The predicted molar refractivity (Wildman–Crippen MR) is 122 cm³/mol. The van der Waals surface area contributed by atoms with E-state index in [4.69, 9.17) is 5.10 Å². The number of hydrogen-bond donors (Lipinski definition) is 1. The molecule has 1 aromatic heterocycles. The van der Waals surface area contributed by atoms with Crippen LogP contribution in [0.25, 0.3) is 16.9 Å². The molecule has 1 N–H and O–H groups in total. The van der Waals surface area contributed by atoms with Crippen LogP contribution in [-0.4, -0.2) is 43.2 Å². The molecular weight excluding hydrogens is 408 g/mol. The van der Waals surface area contributed by atoms with Crippen LogP contribution in [-0.2, 0) is 16.1 Å². The van der Waals surface area contributed by atoms with Gasteiger partial charge in [-0.3, -0.25) is 9.59 Å². The van der Waals surface area contributed by atoms with Crippen molar-refractivity contribution in [2.45, 2.75) is 37.2 Å². The first-order valence-corrected chi connectivity index (χ1v) is 11.5. The molecule has 0 saturated carbocycles. The van der Waals surface area contributed by atoms with Gasteiger partial charge in [-0.2, -0.15) is 5.10 Å². The van der Waals surface area contributed by atoms with Gasteiger partial charge in [0.2, 0.25) is 11.8 Å². The Bertz CT molecular complexity index is 1120. The third-order valence-electron chi connectivity index (χ3n) is 6.06. The van der Waals surface area contributed by atoms with Crippen molar-refractivity contribution in [1.82, 2.24) is 20.0 Å². The van der Waals surface area contributed by atoms with Crippen LogP contribution >= 0.6 is 11.8 Å². The van der Waals surface area contributed by atoms with Crippen LogP contribution in [0.15, 0.2) is 66.9 Å². The molecule has 2 aromatic carbocycles. The van der Waals surface area contributed by atoms with E-state index in [1.807, 2.05) is 71.5 Å². The second kappa shape index (κ2) is 7.89. The van der Waals surface area contributed by atoms with E-state index in [2.05, 4.69) is 12.2 Å². The Morgan fingerprint density at radius 1 is 1.16 bits per heavy atom. The Morgan fingerprint density at radius 3 is 2.61 bits per heavy atom. The molecule has 6 nitrogen and oxygen atoms in total. The number of nitrogens with zero attached hydrogens (tertiary/aromatic N) is 3. The normalized spacial score (nSPS) is 22.5. The van der Waals surface area contributed by atoms with Gasteiger partial charge in [-0.05, 0) is 25.5 Å². The van der Waals surface area contributed by atoms with Gasteiger partial charge in [0, 0.05) is 36.0 Å². The van der Waals surface area contributed by atoms with Crippen molar-refractivity contribution in [1.29, 1.82) is 0 Å². The van der Waals surface area contributed by atoms with Crippen LogP contribution < -0.4 is 5.32 Å². The van der Waals surface area contributed by atoms with E-state index in [0.717, 1.165) is 28.9 Å². The maximum atomic E-state index is 13.0. The highest BCUT2D eigenvalue weighted by Crippen LogP contribution is 2.47. The van der Waals surface area contributed by atoms with E-state index in [1.54, 1.807) is 16.7 Å². The first kappa shape index (κ1) is 19.9. The van der Waals surface area contributed by atoms with Gasteiger partial charge < -0.3 is 10.2 Å². The molecule has 158 valence electrons. The number of aromatic nitrogens is 2. The van der Waals surface area contributed by atoms with Gasteiger partial charge in [0.05, 0.1) is 16.3 Å². The van der Waals surface area contributed by atoms with Gasteiger partial charge in [0.25, 0.3) is 0 Å². The predicted octanol–water partition coefficient (Wildman–Crippen LogP) is 3.61. The molecule has 0 radical (unpaired) electrons. The van der Waals surface area contributed by atoms with Gasteiger partial charge in [-0.1, -0.05) is 48.5 Å². The molecule has 2 amide bonds. The Kier molecular flexibility index (Phi) is 5.06. The average Bonchev–Trinajstić information content (AvgIpc) is 3.46. The van der Waals surface area contributed by atoms with E-state index in [-0.39, 0.29) is 16.7 Å². The molecule has 7 heteroatoms. The van der Waals surface area contributed by atoms with E-state index in [0.29, 0.717) is 18.7 Å². The molecule has 2 aliphatic rings. The molecule has 2 aliphatic heterocycles. The van der Waals surface area contributed by atoms with E-state index < -0.39 is 6.04 Å². The summed E-state index contributed by atoms with van der Waals surface area (Å²) in [4.78, 5) is 26.9. The SMILES string of the molecule is C[C@]12CCC(=O)N1[C@@H](C(=O)NCc1cn(-c3ccccc3)nc1-c1ccccc1)CS2. The van der Waals surface area contributed by atoms with Crippen LogP contribution in [0.3, 0.4) is 0 Å². The number of fused-ring (bicyclic) bond motifs is 1. The summed E-state index contributed by atoms with van der Waals surface area (Å²) in [5.41, 5.74) is 3.74. The number of rotatable bonds is 5. The Balaban J connectivity index is 1.39. The lowest BCUT2D eigenvalue weighted by Crippen LogP contribution is -2.49. The van der Waals surface area contributed by atoms with Crippen molar-refractivity contribution >= 4 is 23.6 Å². The van der Waals surface area contributed by atoms with Crippen LogP contribution in [0.4, 0.5) is 0 Å². The fourth-order valence-electron chi connectivity index (χ4n) is 4.41. The highest BCUT2D eigenvalue weighted by molar-refractivity contribution is 8.01. The highest BCUT2D eigenvalue weighted by atomic mass is 32.2. The summed E-state index contributed by atoms with van der Waals surface area (Å²) < 4.78 is 1.84. The highest BCUT2D eigenvalue weighted by Gasteiger charge is 2.52. The molecule has 2 fully saturated rings. The number of benzene rings is 2. The molecule has 0 unspecified atom stereocenters. The quantitative estimate of drug-likeness (QED) is 0.669. The summed E-state index contributed by atoms with van der Waals surface area (Å²) in [6, 6.07) is 19.5. The Morgan fingerprint density at radius 2 is 1.87 bits per heavy atom. The molecule has 0 spiro atoms. The smallest absolute Gasteiger partial charge is 0.243 e. The van der Waals surface area contributed by atoms with Crippen LogP contribution in [0, 0.1) is 0 Å². The molecule has 2 atom stereocenters. The van der Waals surface area contributed by atoms with Crippen molar-refractivity contribution < 1.29 is 9.59 Å². The number of carbonyl (C=O) groups is 2. The molecule has 3 heterocycles. The van der Waals surface area contributed by atoms with Gasteiger partial charge in [0.15, 0.2) is 0 Å². The number of amides is 2. The first-order chi connectivity index (χ1) is 15.0. The number of para-hydroxylation sites is 1. The number of nitrogens with one attached hydrogen (secondary N) is 1. The van der Waals surface area contributed by atoms with Gasteiger partial charge in [0.1, 0.15) is 6.04 Å². The minimum atomic E-state index is -0.408. The van der Waals surface area contributed by atoms with Crippen molar-refractivity contribution in [2.24, 2.45) is 0 Å². The van der Waals surface area contributed by atoms with Crippen molar-refractivity contribution in [2.75, 3.05) is 5.75 Å². The zero-order valence-corrected chi connectivity index (χ0v) is 18.1. The zero-order valence-electron chi connectivity index (χ0n) is 17.3. The Labute approximate surface area is 185 Å². The third kappa shape index (κ3) is 3.63. The maximum Gasteiger partial charge on any atom is 0.243 e. The van der Waals surface area contributed by atoms with Crippen molar-refractivity contribution in [3.8, 4) is 16.9 Å². The summed E-state index contributed by atoms with van der Waals surface area (Å²) in [6.45, 7) is 2.42. The second-order valence-corrected chi connectivity index (χ2v) is 9.63. The number of carbonyl (C=O) groups excluding carboxylic acids is 2. The lowest BCUT2D eigenvalue weighted by atomic mass is 10.1. The lowest BCUT2D eigenvalue weighted by molar-refractivity contribution is -0.138. The molecule has 0 bridgehead atoms. The largest absolute Gasteiger partial charge is 0.350 e. The summed E-state index contributed by atoms with van der Waals surface area (Å²) in [5, 5.41) is 7.87. The molecule has 31 heavy (non-hydrogen) atoms. The van der Waals surface area contributed by atoms with E-state index >= 15 is 0 Å². The van der Waals surface area contributed by atoms with E-state index in [9.17, 15) is 9.59 Å². The minimum absolute atomic E-state index is 0.0783. The summed E-state index contributed by atoms with van der Waals surface area (Å²) in [5.74, 6) is 0.621. The zero-order chi connectivity index (χ0) is 21.4.